The Balaban J connectivity index is 1.40. The number of aromatic amines is 2. The van der Waals surface area contributed by atoms with Gasteiger partial charge in [-0.2, -0.15) is 5.10 Å². The molecule has 140 valence electrons. The van der Waals surface area contributed by atoms with Gasteiger partial charge in [-0.05, 0) is 35.9 Å². The molecule has 3 N–H and O–H groups in total. The molecule has 2 aromatic carbocycles. The molecule has 29 heavy (non-hydrogen) atoms. The maximum atomic E-state index is 11.0. The molecule has 0 bridgehead atoms. The third-order valence-corrected chi connectivity index (χ3v) is 4.67. The van der Waals surface area contributed by atoms with Gasteiger partial charge in [0, 0.05) is 40.1 Å². The van der Waals surface area contributed by atoms with E-state index in [1.165, 1.54) is 0 Å². The highest BCUT2D eigenvalue weighted by Crippen LogP contribution is 2.25. The summed E-state index contributed by atoms with van der Waals surface area (Å²) in [6.07, 6.45) is 6.18. The quantitative estimate of drug-likeness (QED) is 0.388. The van der Waals surface area contributed by atoms with E-state index in [0.29, 0.717) is 17.3 Å². The summed E-state index contributed by atoms with van der Waals surface area (Å²) in [7, 11) is 0. The molecular formula is C22H16N6O. The van der Waals surface area contributed by atoms with Crippen LogP contribution in [-0.2, 0) is 0 Å². The largest absolute Gasteiger partial charge is 0.352 e. The molecule has 0 fully saturated rings. The second-order valence-electron chi connectivity index (χ2n) is 6.60. The number of benzene rings is 2. The molecule has 7 nitrogen and oxygen atoms in total. The van der Waals surface area contributed by atoms with Crippen LogP contribution in [0.4, 0.5) is 11.5 Å². The van der Waals surface area contributed by atoms with Gasteiger partial charge in [-0.3, -0.25) is 9.89 Å². The van der Waals surface area contributed by atoms with Crippen LogP contribution >= 0.6 is 0 Å². The van der Waals surface area contributed by atoms with E-state index in [2.05, 4.69) is 30.5 Å². The lowest BCUT2D eigenvalue weighted by atomic mass is 10.1. The number of nitrogens with one attached hydrogen (secondary N) is 3. The zero-order valence-electron chi connectivity index (χ0n) is 15.3. The first-order valence-corrected chi connectivity index (χ1v) is 9.06. The van der Waals surface area contributed by atoms with Crippen LogP contribution < -0.4 is 5.32 Å². The summed E-state index contributed by atoms with van der Waals surface area (Å²) in [6, 6.07) is 17.5. The normalized spacial score (nSPS) is 10.9. The lowest BCUT2D eigenvalue weighted by Crippen LogP contribution is -1.96. The van der Waals surface area contributed by atoms with Crippen molar-refractivity contribution in [3.8, 4) is 22.5 Å². The van der Waals surface area contributed by atoms with Crippen molar-refractivity contribution in [1.82, 2.24) is 25.1 Å². The van der Waals surface area contributed by atoms with Crippen molar-refractivity contribution in [2.24, 2.45) is 0 Å². The van der Waals surface area contributed by atoms with E-state index in [1.807, 2.05) is 60.8 Å². The van der Waals surface area contributed by atoms with Gasteiger partial charge in [0.25, 0.3) is 0 Å². The van der Waals surface area contributed by atoms with E-state index in [-0.39, 0.29) is 0 Å². The van der Waals surface area contributed by atoms with Gasteiger partial charge in [0.15, 0.2) is 12.1 Å². The zero-order valence-corrected chi connectivity index (χ0v) is 15.3. The molecule has 7 heteroatoms. The Bertz CT molecular complexity index is 1290. The lowest BCUT2D eigenvalue weighted by Gasteiger charge is -2.08. The number of anilines is 2. The van der Waals surface area contributed by atoms with Crippen LogP contribution in [0, 0.1) is 0 Å². The summed E-state index contributed by atoms with van der Waals surface area (Å²) in [5.74, 6) is 1.31. The minimum atomic E-state index is 0.548. The first kappa shape index (κ1) is 16.9. The summed E-state index contributed by atoms with van der Waals surface area (Å²) >= 11 is 0. The van der Waals surface area contributed by atoms with Gasteiger partial charge < -0.3 is 10.3 Å². The molecule has 0 aliphatic rings. The predicted molar refractivity (Wildman–Crippen MR) is 112 cm³/mol. The lowest BCUT2D eigenvalue weighted by molar-refractivity contribution is 0.112. The Labute approximate surface area is 165 Å². The number of carbonyl (C=O) groups is 1. The Hall–Kier alpha value is -4.26. The molecule has 0 saturated carbocycles. The second-order valence-corrected chi connectivity index (χ2v) is 6.60. The van der Waals surface area contributed by atoms with Gasteiger partial charge in [-0.1, -0.05) is 24.3 Å². The highest BCUT2D eigenvalue weighted by molar-refractivity contribution is 5.90. The monoisotopic (exact) mass is 380 g/mol. The highest BCUT2D eigenvalue weighted by atomic mass is 16.1. The van der Waals surface area contributed by atoms with Crippen molar-refractivity contribution in [2.45, 2.75) is 0 Å². The minimum absolute atomic E-state index is 0.548. The molecule has 3 aromatic heterocycles. The van der Waals surface area contributed by atoms with Crippen LogP contribution in [0.1, 0.15) is 10.5 Å². The summed E-state index contributed by atoms with van der Waals surface area (Å²) in [5, 5.41) is 11.1. The van der Waals surface area contributed by atoms with Crippen molar-refractivity contribution < 1.29 is 4.79 Å². The summed E-state index contributed by atoms with van der Waals surface area (Å²) in [4.78, 5) is 23.1. The topological polar surface area (TPSA) is 99.3 Å². The molecule has 5 rings (SSSR count). The van der Waals surface area contributed by atoms with Crippen LogP contribution in [0.5, 0.6) is 0 Å². The van der Waals surface area contributed by atoms with Crippen molar-refractivity contribution >= 4 is 28.7 Å². The van der Waals surface area contributed by atoms with Crippen LogP contribution in [0.15, 0.2) is 73.2 Å². The van der Waals surface area contributed by atoms with E-state index in [4.69, 9.17) is 0 Å². The number of rotatable bonds is 5. The molecule has 0 aliphatic heterocycles. The van der Waals surface area contributed by atoms with E-state index in [1.54, 1.807) is 12.4 Å². The van der Waals surface area contributed by atoms with Gasteiger partial charge in [-0.15, -0.1) is 0 Å². The molecule has 0 radical (unpaired) electrons. The van der Waals surface area contributed by atoms with Crippen LogP contribution in [0.25, 0.3) is 33.4 Å². The molecule has 0 spiro atoms. The number of fused-ring (bicyclic) bond motifs is 1. The van der Waals surface area contributed by atoms with Crippen molar-refractivity contribution in [3.05, 3.63) is 78.9 Å². The van der Waals surface area contributed by atoms with E-state index in [0.717, 1.165) is 39.6 Å². The summed E-state index contributed by atoms with van der Waals surface area (Å²) < 4.78 is 0. The van der Waals surface area contributed by atoms with E-state index >= 15 is 0 Å². The minimum Gasteiger partial charge on any atom is -0.352 e. The second kappa shape index (κ2) is 7.05. The highest BCUT2D eigenvalue weighted by Gasteiger charge is 2.07. The first-order chi connectivity index (χ1) is 14.3. The maximum absolute atomic E-state index is 11.0. The van der Waals surface area contributed by atoms with Crippen molar-refractivity contribution in [3.63, 3.8) is 0 Å². The number of nitrogens with zero attached hydrogens (tertiary/aromatic N) is 3. The maximum Gasteiger partial charge on any atom is 0.166 e. The molecule has 5 aromatic rings. The van der Waals surface area contributed by atoms with Crippen molar-refractivity contribution in [1.29, 1.82) is 0 Å². The molecule has 0 amide bonds. The van der Waals surface area contributed by atoms with Gasteiger partial charge in [0.1, 0.15) is 5.82 Å². The van der Waals surface area contributed by atoms with Crippen LogP contribution in [0.3, 0.4) is 0 Å². The van der Waals surface area contributed by atoms with Crippen LogP contribution in [0.2, 0.25) is 0 Å². The van der Waals surface area contributed by atoms with Crippen LogP contribution in [-0.4, -0.2) is 31.4 Å². The molecule has 3 heterocycles. The summed E-state index contributed by atoms with van der Waals surface area (Å²) in [5.41, 5.74) is 5.35. The number of aromatic nitrogens is 5. The standard InChI is InChI=1S/C22H16N6O/c29-13-19-9-15-1-2-16(10-20(15)26-19)22-23-8-7-21(28-22)27-18-5-3-14(4-6-18)17-11-24-25-12-17/h1-13,26H,(H,24,25)(H,23,27,28). The average molecular weight is 380 g/mol. The van der Waals surface area contributed by atoms with E-state index in [9.17, 15) is 4.79 Å². The Morgan fingerprint density at radius 2 is 1.79 bits per heavy atom. The zero-order chi connectivity index (χ0) is 19.6. The number of hydrogen-bond acceptors (Lipinski definition) is 5. The first-order valence-electron chi connectivity index (χ1n) is 9.06. The SMILES string of the molecule is O=Cc1cc2ccc(-c3nccc(Nc4ccc(-c5cn[nH]c5)cc4)n3)cc2[nH]1. The van der Waals surface area contributed by atoms with Gasteiger partial charge in [-0.25, -0.2) is 9.97 Å². The van der Waals surface area contributed by atoms with Gasteiger partial charge in [0.05, 0.1) is 11.9 Å². The number of aldehydes is 1. The molecular weight excluding hydrogens is 364 g/mol. The Morgan fingerprint density at radius 1 is 0.931 bits per heavy atom. The fraction of sp³-hybridized carbons (Fsp3) is 0. The number of carbonyl (C=O) groups excluding carboxylic acids is 1. The summed E-state index contributed by atoms with van der Waals surface area (Å²) in [6.45, 7) is 0. The fourth-order valence-electron chi connectivity index (χ4n) is 3.22. The Morgan fingerprint density at radius 3 is 2.59 bits per heavy atom. The number of H-pyrrole nitrogens is 2. The molecule has 0 atom stereocenters. The molecule has 0 unspecified atom stereocenters. The van der Waals surface area contributed by atoms with Gasteiger partial charge >= 0.3 is 0 Å². The van der Waals surface area contributed by atoms with E-state index < -0.39 is 0 Å². The smallest absolute Gasteiger partial charge is 0.166 e. The van der Waals surface area contributed by atoms with Crippen molar-refractivity contribution in [2.75, 3.05) is 5.32 Å². The average Bonchev–Trinajstić information content (AvgIpc) is 3.44. The molecule has 0 saturated heterocycles. The number of hydrogen-bond donors (Lipinski definition) is 3. The predicted octanol–water partition coefficient (Wildman–Crippen LogP) is 4.57. The Kier molecular flexibility index (Phi) is 4.10. The van der Waals surface area contributed by atoms with Gasteiger partial charge in [0.2, 0.25) is 0 Å². The fourth-order valence-corrected chi connectivity index (χ4v) is 3.22. The molecule has 0 aliphatic carbocycles. The third-order valence-electron chi connectivity index (χ3n) is 4.67. The third kappa shape index (κ3) is 3.37.